The van der Waals surface area contributed by atoms with Gasteiger partial charge in [-0.1, -0.05) is 0 Å². The third kappa shape index (κ3) is 1.73. The van der Waals surface area contributed by atoms with Crippen molar-refractivity contribution in [3.8, 4) is 0 Å². The predicted molar refractivity (Wildman–Crippen MR) is 72.2 cm³/mol. The van der Waals surface area contributed by atoms with Gasteiger partial charge in [0.2, 0.25) is 0 Å². The third-order valence-corrected chi connectivity index (χ3v) is 3.79. The van der Waals surface area contributed by atoms with Crippen molar-refractivity contribution >= 4 is 39.3 Å². The van der Waals surface area contributed by atoms with Crippen LogP contribution in [0.25, 0.3) is 15.7 Å². The van der Waals surface area contributed by atoms with Crippen LogP contribution in [0, 0.1) is 0 Å². The van der Waals surface area contributed by atoms with E-state index in [1.807, 2.05) is 11.4 Å². The molecule has 0 saturated carbocycles. The van der Waals surface area contributed by atoms with Gasteiger partial charge in [0.1, 0.15) is 12.1 Å². The Kier molecular flexibility index (Phi) is 2.87. The average molecular weight is 291 g/mol. The highest BCUT2D eigenvalue weighted by molar-refractivity contribution is 7.17. The van der Waals surface area contributed by atoms with E-state index < -0.39 is 11.5 Å². The van der Waals surface area contributed by atoms with E-state index in [0.717, 1.165) is 14.9 Å². The van der Waals surface area contributed by atoms with Crippen LogP contribution in [0.1, 0.15) is 10.6 Å². The first-order valence-electron chi connectivity index (χ1n) is 5.67. The lowest BCUT2D eigenvalue weighted by Crippen LogP contribution is -2.30. The molecule has 102 valence electrons. The van der Waals surface area contributed by atoms with Gasteiger partial charge < -0.3 is 4.74 Å². The van der Waals surface area contributed by atoms with Gasteiger partial charge in [-0.05, 0) is 17.5 Å². The molecule has 0 aromatic carbocycles. The van der Waals surface area contributed by atoms with Gasteiger partial charge in [0.05, 0.1) is 17.3 Å². The summed E-state index contributed by atoms with van der Waals surface area (Å²) in [6, 6.07) is 3.50. The quantitative estimate of drug-likeness (QED) is 0.524. The van der Waals surface area contributed by atoms with Crippen LogP contribution in [0.2, 0.25) is 0 Å². The van der Waals surface area contributed by atoms with Crippen LogP contribution in [-0.2, 0) is 16.1 Å². The normalized spacial score (nSPS) is 11.1. The lowest BCUT2D eigenvalue weighted by Gasteiger charge is -2.06. The van der Waals surface area contributed by atoms with Gasteiger partial charge in [-0.2, -0.15) is 0 Å². The first-order valence-corrected chi connectivity index (χ1v) is 6.55. The summed E-state index contributed by atoms with van der Waals surface area (Å²) in [5.41, 5.74) is 0.624. The monoisotopic (exact) mass is 291 g/mol. The maximum atomic E-state index is 12.3. The fourth-order valence-corrected chi connectivity index (χ4v) is 2.85. The summed E-state index contributed by atoms with van der Waals surface area (Å²) in [5.74, 6) is -0.536. The van der Waals surface area contributed by atoms with Gasteiger partial charge >= 0.3 is 5.97 Å². The first-order chi connectivity index (χ1) is 9.65. The lowest BCUT2D eigenvalue weighted by atomic mass is 10.5. The highest BCUT2D eigenvalue weighted by atomic mass is 32.1. The molecular weight excluding hydrogens is 282 g/mol. The van der Waals surface area contributed by atoms with Crippen molar-refractivity contribution < 1.29 is 14.3 Å². The summed E-state index contributed by atoms with van der Waals surface area (Å²) in [6.07, 6.45) is 0.553. The number of carbonyl (C=O) groups excluding carboxylic acids is 2. The minimum Gasteiger partial charge on any atom is -0.468 e. The zero-order valence-corrected chi connectivity index (χ0v) is 11.2. The number of carbonyl (C=O) groups is 2. The van der Waals surface area contributed by atoms with Crippen molar-refractivity contribution in [3.05, 3.63) is 33.7 Å². The summed E-state index contributed by atoms with van der Waals surface area (Å²) in [4.78, 5) is 34.7. The van der Waals surface area contributed by atoms with E-state index in [9.17, 15) is 14.4 Å². The average Bonchev–Trinajstić information content (AvgIpc) is 3.02. The number of aromatic nitrogens is 3. The molecule has 0 fully saturated rings. The highest BCUT2D eigenvalue weighted by Gasteiger charge is 2.16. The Balaban J connectivity index is 2.35. The van der Waals surface area contributed by atoms with Crippen LogP contribution < -0.4 is 5.56 Å². The number of ether oxygens (including phenoxy) is 1. The molecule has 0 aliphatic carbocycles. The smallest absolute Gasteiger partial charge is 0.327 e. The van der Waals surface area contributed by atoms with Crippen molar-refractivity contribution in [2.24, 2.45) is 0 Å². The van der Waals surface area contributed by atoms with Gasteiger partial charge in [0.25, 0.3) is 5.56 Å². The Morgan fingerprint density at radius 3 is 3.00 bits per heavy atom. The molecular formula is C12H9N3O4S. The third-order valence-electron chi connectivity index (χ3n) is 2.94. The number of thiophene rings is 1. The molecule has 0 N–H and O–H groups in total. The standard InChI is InChI=1S/C12H9N3O4S/c1-19-11(17)5-14-12(18)8-4-9-7(2-3-20-9)15(8)10(6-16)13-14/h2-4,6H,5H2,1H3. The van der Waals surface area contributed by atoms with Gasteiger partial charge in [-0.25, -0.2) is 4.68 Å². The molecule has 0 saturated heterocycles. The van der Waals surface area contributed by atoms with E-state index in [1.165, 1.54) is 22.8 Å². The molecule has 20 heavy (non-hydrogen) atoms. The summed E-state index contributed by atoms with van der Waals surface area (Å²) in [5, 5.41) is 5.78. The molecule has 0 bridgehead atoms. The molecule has 0 aliphatic rings. The van der Waals surface area contributed by atoms with Crippen LogP contribution in [-0.4, -0.2) is 33.5 Å². The molecule has 0 radical (unpaired) electrons. The molecule has 0 unspecified atom stereocenters. The molecule has 8 heteroatoms. The zero-order valence-electron chi connectivity index (χ0n) is 10.4. The van der Waals surface area contributed by atoms with E-state index >= 15 is 0 Å². The topological polar surface area (TPSA) is 82.7 Å². The van der Waals surface area contributed by atoms with Crippen LogP contribution in [0.3, 0.4) is 0 Å². The molecule has 3 heterocycles. The summed E-state index contributed by atoms with van der Waals surface area (Å²) in [7, 11) is 1.22. The maximum absolute atomic E-state index is 12.3. The van der Waals surface area contributed by atoms with Crippen LogP contribution in [0.4, 0.5) is 0 Å². The minimum absolute atomic E-state index is 0.0666. The molecule has 3 aromatic heterocycles. The van der Waals surface area contributed by atoms with E-state index in [4.69, 9.17) is 0 Å². The largest absolute Gasteiger partial charge is 0.468 e. The van der Waals surface area contributed by atoms with Crippen molar-refractivity contribution in [1.29, 1.82) is 0 Å². The number of rotatable bonds is 3. The zero-order chi connectivity index (χ0) is 14.3. The summed E-state index contributed by atoms with van der Waals surface area (Å²) >= 11 is 1.46. The second-order valence-corrected chi connectivity index (χ2v) is 5.00. The van der Waals surface area contributed by atoms with Crippen molar-refractivity contribution in [3.63, 3.8) is 0 Å². The fraction of sp³-hybridized carbons (Fsp3) is 0.167. The molecule has 0 spiro atoms. The number of methoxy groups -OCH3 is 1. The van der Waals surface area contributed by atoms with E-state index in [1.54, 1.807) is 6.07 Å². The molecule has 3 aromatic rings. The Hall–Kier alpha value is -2.48. The summed E-state index contributed by atoms with van der Waals surface area (Å²) in [6.45, 7) is -0.328. The molecule has 3 rings (SSSR count). The first kappa shape index (κ1) is 12.5. The van der Waals surface area contributed by atoms with Crippen LogP contribution in [0.5, 0.6) is 0 Å². The number of esters is 1. The van der Waals surface area contributed by atoms with Crippen molar-refractivity contribution in [2.75, 3.05) is 7.11 Å². The Morgan fingerprint density at radius 1 is 1.50 bits per heavy atom. The predicted octanol–water partition coefficient (Wildman–Crippen LogP) is 0.696. The molecule has 0 amide bonds. The number of hydrogen-bond donors (Lipinski definition) is 0. The SMILES string of the molecule is COC(=O)Cn1nc(C=O)n2c(cc3sccc32)c1=O. The second kappa shape index (κ2) is 4.57. The minimum atomic E-state index is -0.603. The van der Waals surface area contributed by atoms with Gasteiger partial charge in [0.15, 0.2) is 12.1 Å². The second-order valence-electron chi connectivity index (χ2n) is 4.05. The van der Waals surface area contributed by atoms with Crippen LogP contribution >= 0.6 is 11.3 Å². The number of aldehydes is 1. The number of fused-ring (bicyclic) bond motifs is 3. The number of nitrogens with zero attached hydrogens (tertiary/aromatic N) is 3. The van der Waals surface area contributed by atoms with E-state index in [0.29, 0.717) is 11.8 Å². The van der Waals surface area contributed by atoms with E-state index in [-0.39, 0.29) is 12.4 Å². The summed E-state index contributed by atoms with van der Waals surface area (Å²) < 4.78 is 7.82. The highest BCUT2D eigenvalue weighted by Crippen LogP contribution is 2.24. The maximum Gasteiger partial charge on any atom is 0.327 e. The van der Waals surface area contributed by atoms with Crippen molar-refractivity contribution in [2.45, 2.75) is 6.54 Å². The molecule has 0 aliphatic heterocycles. The van der Waals surface area contributed by atoms with Gasteiger partial charge in [-0.3, -0.25) is 18.8 Å². The Morgan fingerprint density at radius 2 is 2.30 bits per heavy atom. The van der Waals surface area contributed by atoms with Crippen LogP contribution in [0.15, 0.2) is 22.3 Å². The molecule has 0 atom stereocenters. The van der Waals surface area contributed by atoms with Gasteiger partial charge in [-0.15, -0.1) is 16.4 Å². The lowest BCUT2D eigenvalue weighted by molar-refractivity contribution is -0.141. The Labute approximate surface area is 116 Å². The van der Waals surface area contributed by atoms with Crippen molar-refractivity contribution in [1.82, 2.24) is 14.2 Å². The number of hydrogen-bond acceptors (Lipinski definition) is 6. The van der Waals surface area contributed by atoms with Gasteiger partial charge in [0, 0.05) is 0 Å². The Bertz CT molecular complexity index is 889. The molecule has 7 nitrogen and oxygen atoms in total. The fourth-order valence-electron chi connectivity index (χ4n) is 2.05. The van der Waals surface area contributed by atoms with E-state index in [2.05, 4.69) is 9.84 Å².